The van der Waals surface area contributed by atoms with E-state index in [9.17, 15) is 26.4 Å². The van der Waals surface area contributed by atoms with Crippen molar-refractivity contribution in [2.75, 3.05) is 4.72 Å². The Labute approximate surface area is 120 Å². The van der Waals surface area contributed by atoms with E-state index < -0.39 is 38.3 Å². The molecule has 2 N–H and O–H groups in total. The van der Waals surface area contributed by atoms with E-state index in [-0.39, 0.29) is 22.7 Å². The maximum Gasteiger partial charge on any atom is 0.348 e. The summed E-state index contributed by atoms with van der Waals surface area (Å²) in [5, 5.41) is 10.1. The van der Waals surface area contributed by atoms with Crippen LogP contribution in [0.4, 0.5) is 18.9 Å². The summed E-state index contributed by atoms with van der Waals surface area (Å²) in [7, 11) is -4.74. The van der Waals surface area contributed by atoms with Crippen LogP contribution in [0, 0.1) is 17.5 Å². The summed E-state index contributed by atoms with van der Waals surface area (Å²) in [5.41, 5.74) is -0.337. The van der Waals surface area contributed by atoms with Gasteiger partial charge in [-0.25, -0.2) is 26.4 Å². The lowest BCUT2D eigenvalue weighted by molar-refractivity contribution is 0.0703. The number of halogens is 3. The summed E-state index contributed by atoms with van der Waals surface area (Å²) in [4.78, 5) is 9.13. The lowest BCUT2D eigenvalue weighted by Crippen LogP contribution is -2.17. The predicted molar refractivity (Wildman–Crippen MR) is 68.4 cm³/mol. The fraction of sp³-hybridized carbons (Fsp3) is 0. The molecule has 2 rings (SSSR count). The summed E-state index contributed by atoms with van der Waals surface area (Å²) in [6.07, 6.45) is 0. The van der Waals surface area contributed by atoms with Gasteiger partial charge in [0.25, 0.3) is 10.0 Å². The Morgan fingerprint density at radius 1 is 1.19 bits per heavy atom. The minimum atomic E-state index is -4.74. The van der Waals surface area contributed by atoms with E-state index in [1.54, 1.807) is 4.72 Å². The molecule has 21 heavy (non-hydrogen) atoms. The van der Waals surface area contributed by atoms with Gasteiger partial charge in [0.05, 0.1) is 5.69 Å². The van der Waals surface area contributed by atoms with Crippen molar-refractivity contribution in [1.29, 1.82) is 0 Å². The molecule has 0 saturated heterocycles. The van der Waals surface area contributed by atoms with Gasteiger partial charge in [-0.15, -0.1) is 11.3 Å². The van der Waals surface area contributed by atoms with Gasteiger partial charge in [0.1, 0.15) is 22.3 Å². The molecule has 0 aliphatic carbocycles. The highest BCUT2D eigenvalue weighted by Crippen LogP contribution is 2.27. The quantitative estimate of drug-likeness (QED) is 0.898. The van der Waals surface area contributed by atoms with Gasteiger partial charge in [0, 0.05) is 12.1 Å². The van der Waals surface area contributed by atoms with Gasteiger partial charge in [-0.3, -0.25) is 4.72 Å². The van der Waals surface area contributed by atoms with Crippen LogP contribution in [0.25, 0.3) is 0 Å². The third-order valence-electron chi connectivity index (χ3n) is 2.34. The molecule has 5 nitrogen and oxygen atoms in total. The second-order valence-corrected chi connectivity index (χ2v) is 6.31. The molecular weight excluding hydrogens is 331 g/mol. The highest BCUT2D eigenvalue weighted by Gasteiger charge is 2.27. The summed E-state index contributed by atoms with van der Waals surface area (Å²) < 4.78 is 65.4. The van der Waals surface area contributed by atoms with Crippen LogP contribution in [0.15, 0.2) is 28.5 Å². The van der Waals surface area contributed by atoms with Crippen molar-refractivity contribution in [1.82, 2.24) is 0 Å². The number of rotatable bonds is 4. The minimum absolute atomic E-state index is 0.212. The molecular formula is C11H6F3NO4S2. The van der Waals surface area contributed by atoms with Gasteiger partial charge in [-0.1, -0.05) is 0 Å². The van der Waals surface area contributed by atoms with Crippen LogP contribution in [0.3, 0.4) is 0 Å². The van der Waals surface area contributed by atoms with Crippen molar-refractivity contribution >= 4 is 33.0 Å². The summed E-state index contributed by atoms with van der Waals surface area (Å²) in [6, 6.07) is 1.55. The average molecular weight is 337 g/mol. The Kier molecular flexibility index (Phi) is 3.92. The molecule has 0 bridgehead atoms. The van der Waals surface area contributed by atoms with E-state index in [0.717, 1.165) is 17.4 Å². The lowest BCUT2D eigenvalue weighted by Gasteiger charge is -2.09. The number of carboxylic acid groups (broad SMARTS) is 1. The molecule has 1 aromatic carbocycles. The largest absolute Gasteiger partial charge is 0.477 e. The van der Waals surface area contributed by atoms with Crippen LogP contribution in [-0.4, -0.2) is 19.5 Å². The van der Waals surface area contributed by atoms with E-state index >= 15 is 0 Å². The zero-order valence-electron chi connectivity index (χ0n) is 9.93. The second kappa shape index (κ2) is 5.37. The number of carboxylic acids is 1. The molecule has 0 fully saturated rings. The van der Waals surface area contributed by atoms with Crippen molar-refractivity contribution < 1.29 is 31.5 Å². The smallest absolute Gasteiger partial charge is 0.348 e. The SMILES string of the molecule is O=C(O)c1sccc1NS(=O)(=O)c1c(F)cc(F)cc1F. The average Bonchev–Trinajstić information content (AvgIpc) is 2.73. The number of thiophene rings is 1. The number of hydrogen-bond acceptors (Lipinski definition) is 4. The molecule has 0 saturated carbocycles. The Morgan fingerprint density at radius 3 is 2.29 bits per heavy atom. The van der Waals surface area contributed by atoms with Crippen molar-refractivity contribution in [3.63, 3.8) is 0 Å². The molecule has 1 aromatic heterocycles. The molecule has 0 spiro atoms. The van der Waals surface area contributed by atoms with Gasteiger partial charge >= 0.3 is 5.97 Å². The van der Waals surface area contributed by atoms with E-state index in [0.29, 0.717) is 0 Å². The molecule has 2 aromatic rings. The number of anilines is 1. The molecule has 1 heterocycles. The molecule has 112 valence electrons. The fourth-order valence-corrected chi connectivity index (χ4v) is 3.48. The first kappa shape index (κ1) is 15.3. The third kappa shape index (κ3) is 3.00. The summed E-state index contributed by atoms with van der Waals surface area (Å²) in [5.74, 6) is -5.91. The van der Waals surface area contributed by atoms with Crippen LogP contribution < -0.4 is 4.72 Å². The van der Waals surface area contributed by atoms with Crippen molar-refractivity contribution in [3.05, 3.63) is 45.9 Å². The zero-order valence-corrected chi connectivity index (χ0v) is 11.6. The maximum absolute atomic E-state index is 13.5. The first-order chi connectivity index (χ1) is 9.72. The second-order valence-electron chi connectivity index (χ2n) is 3.77. The normalized spacial score (nSPS) is 11.4. The zero-order chi connectivity index (χ0) is 15.8. The molecule has 10 heteroatoms. The van der Waals surface area contributed by atoms with Crippen LogP contribution in [0.1, 0.15) is 9.67 Å². The molecule has 0 radical (unpaired) electrons. The van der Waals surface area contributed by atoms with Crippen LogP contribution in [0.2, 0.25) is 0 Å². The molecule has 0 atom stereocenters. The highest BCUT2D eigenvalue weighted by atomic mass is 32.2. The van der Waals surface area contributed by atoms with Crippen molar-refractivity contribution in [3.8, 4) is 0 Å². The highest BCUT2D eigenvalue weighted by molar-refractivity contribution is 7.92. The maximum atomic E-state index is 13.5. The van der Waals surface area contributed by atoms with Crippen LogP contribution in [-0.2, 0) is 10.0 Å². The summed E-state index contributed by atoms with van der Waals surface area (Å²) in [6.45, 7) is 0. The molecule has 0 aliphatic heterocycles. The van der Waals surface area contributed by atoms with Gasteiger partial charge in [0.15, 0.2) is 4.90 Å². The number of benzene rings is 1. The lowest BCUT2D eigenvalue weighted by atomic mass is 10.3. The number of hydrogen-bond donors (Lipinski definition) is 2. The summed E-state index contributed by atoms with van der Waals surface area (Å²) >= 11 is 0.730. The van der Waals surface area contributed by atoms with Crippen LogP contribution in [0.5, 0.6) is 0 Å². The monoisotopic (exact) mass is 337 g/mol. The first-order valence-corrected chi connectivity index (χ1v) is 7.57. The Bertz CT molecular complexity index is 794. The Balaban J connectivity index is 2.49. The molecule has 0 aliphatic rings. The molecule has 0 amide bonds. The van der Waals surface area contributed by atoms with E-state index in [1.165, 1.54) is 5.38 Å². The van der Waals surface area contributed by atoms with E-state index in [4.69, 9.17) is 5.11 Å². The van der Waals surface area contributed by atoms with Crippen LogP contribution >= 0.6 is 11.3 Å². The molecule has 0 unspecified atom stereocenters. The Hall–Kier alpha value is -2.07. The van der Waals surface area contributed by atoms with E-state index in [2.05, 4.69) is 0 Å². The first-order valence-electron chi connectivity index (χ1n) is 5.20. The van der Waals surface area contributed by atoms with E-state index in [1.807, 2.05) is 0 Å². The van der Waals surface area contributed by atoms with Crippen molar-refractivity contribution in [2.24, 2.45) is 0 Å². The van der Waals surface area contributed by atoms with Gasteiger partial charge in [-0.2, -0.15) is 0 Å². The number of nitrogens with one attached hydrogen (secondary N) is 1. The number of sulfonamides is 1. The van der Waals surface area contributed by atoms with Gasteiger partial charge < -0.3 is 5.11 Å². The minimum Gasteiger partial charge on any atom is -0.477 e. The predicted octanol–water partition coefficient (Wildman–Crippen LogP) is 2.66. The number of carbonyl (C=O) groups is 1. The van der Waals surface area contributed by atoms with Gasteiger partial charge in [-0.05, 0) is 11.4 Å². The standard InChI is InChI=1S/C11H6F3NO4S2/c12-5-3-6(13)10(7(14)4-5)21(18,19)15-8-1-2-20-9(8)11(16)17/h1-4,15H,(H,16,17). The number of aromatic carboxylic acids is 1. The Morgan fingerprint density at radius 2 is 1.76 bits per heavy atom. The van der Waals surface area contributed by atoms with Gasteiger partial charge in [0.2, 0.25) is 0 Å². The van der Waals surface area contributed by atoms with Crippen molar-refractivity contribution in [2.45, 2.75) is 4.90 Å². The topological polar surface area (TPSA) is 83.5 Å². The third-order valence-corrected chi connectivity index (χ3v) is 4.65. The fourth-order valence-electron chi connectivity index (χ4n) is 1.54.